The van der Waals surface area contributed by atoms with E-state index in [2.05, 4.69) is 12.6 Å². The normalized spacial score (nSPS) is 10.1. The lowest BCUT2D eigenvalue weighted by molar-refractivity contribution is 0.415. The molecule has 0 aliphatic carbocycles. The summed E-state index contributed by atoms with van der Waals surface area (Å²) < 4.78 is 5.08. The third kappa shape index (κ3) is 1.99. The standard InChI is InChI=1S/C13H12O2S/c1-15-10-7-5-9(6-8-10)11-3-2-4-12(16)13(11)14/h2-8,14,16H,1H3. The first-order valence-corrected chi connectivity index (χ1v) is 5.32. The molecule has 2 rings (SSSR count). The van der Waals surface area contributed by atoms with E-state index in [9.17, 15) is 5.11 Å². The Labute approximate surface area is 99.9 Å². The molecule has 2 aromatic rings. The van der Waals surface area contributed by atoms with Gasteiger partial charge in [-0.1, -0.05) is 24.3 Å². The zero-order chi connectivity index (χ0) is 11.5. The molecule has 2 nitrogen and oxygen atoms in total. The molecule has 0 radical (unpaired) electrons. The number of rotatable bonds is 2. The van der Waals surface area contributed by atoms with Gasteiger partial charge in [-0.15, -0.1) is 12.6 Å². The molecule has 0 bridgehead atoms. The van der Waals surface area contributed by atoms with E-state index >= 15 is 0 Å². The molecule has 16 heavy (non-hydrogen) atoms. The van der Waals surface area contributed by atoms with Gasteiger partial charge in [-0.3, -0.25) is 0 Å². The Hall–Kier alpha value is -1.61. The highest BCUT2D eigenvalue weighted by atomic mass is 32.1. The number of benzene rings is 2. The molecule has 0 amide bonds. The maximum atomic E-state index is 9.87. The van der Waals surface area contributed by atoms with Gasteiger partial charge in [-0.2, -0.15) is 0 Å². The number of phenolic OH excluding ortho intramolecular Hbond substituents is 1. The van der Waals surface area contributed by atoms with Crippen LogP contribution in [0.4, 0.5) is 0 Å². The van der Waals surface area contributed by atoms with Gasteiger partial charge in [0.25, 0.3) is 0 Å². The van der Waals surface area contributed by atoms with Crippen LogP contribution in [0.25, 0.3) is 11.1 Å². The first-order chi connectivity index (χ1) is 7.72. The molecular weight excluding hydrogens is 220 g/mol. The van der Waals surface area contributed by atoms with Gasteiger partial charge in [-0.25, -0.2) is 0 Å². The molecule has 0 fully saturated rings. The second kappa shape index (κ2) is 4.49. The number of aromatic hydroxyl groups is 1. The summed E-state index contributed by atoms with van der Waals surface area (Å²) in [6.45, 7) is 0. The van der Waals surface area contributed by atoms with Crippen LogP contribution in [0.5, 0.6) is 11.5 Å². The number of thiol groups is 1. The Morgan fingerprint density at radius 3 is 2.38 bits per heavy atom. The fourth-order valence-corrected chi connectivity index (χ4v) is 1.74. The van der Waals surface area contributed by atoms with Gasteiger partial charge in [0.1, 0.15) is 11.5 Å². The van der Waals surface area contributed by atoms with Crippen molar-refractivity contribution in [2.75, 3.05) is 7.11 Å². The minimum Gasteiger partial charge on any atom is -0.506 e. The Balaban J connectivity index is 2.46. The molecule has 0 aliphatic heterocycles. The van der Waals surface area contributed by atoms with Crippen molar-refractivity contribution in [1.29, 1.82) is 0 Å². The third-order valence-corrected chi connectivity index (χ3v) is 2.78. The van der Waals surface area contributed by atoms with E-state index in [1.165, 1.54) is 0 Å². The minimum absolute atomic E-state index is 0.205. The predicted molar refractivity (Wildman–Crippen MR) is 67.3 cm³/mol. The van der Waals surface area contributed by atoms with Crippen molar-refractivity contribution < 1.29 is 9.84 Å². The van der Waals surface area contributed by atoms with Crippen LogP contribution in [0, 0.1) is 0 Å². The Bertz CT molecular complexity index is 492. The van der Waals surface area contributed by atoms with Crippen molar-refractivity contribution in [1.82, 2.24) is 0 Å². The van der Waals surface area contributed by atoms with E-state index in [1.807, 2.05) is 36.4 Å². The third-order valence-electron chi connectivity index (χ3n) is 2.42. The molecule has 0 spiro atoms. The largest absolute Gasteiger partial charge is 0.506 e. The summed E-state index contributed by atoms with van der Waals surface area (Å²) in [7, 11) is 1.63. The van der Waals surface area contributed by atoms with Gasteiger partial charge in [0.15, 0.2) is 0 Å². The monoisotopic (exact) mass is 232 g/mol. The highest BCUT2D eigenvalue weighted by Crippen LogP contribution is 2.34. The predicted octanol–water partition coefficient (Wildman–Crippen LogP) is 3.36. The first kappa shape index (κ1) is 10.9. The van der Waals surface area contributed by atoms with E-state index in [0.29, 0.717) is 4.90 Å². The molecule has 82 valence electrons. The number of para-hydroxylation sites is 1. The molecule has 3 heteroatoms. The summed E-state index contributed by atoms with van der Waals surface area (Å²) in [5.74, 6) is 1.00. The maximum absolute atomic E-state index is 9.87. The highest BCUT2D eigenvalue weighted by molar-refractivity contribution is 7.80. The first-order valence-electron chi connectivity index (χ1n) is 4.87. The zero-order valence-corrected chi connectivity index (χ0v) is 9.74. The number of methoxy groups -OCH3 is 1. The summed E-state index contributed by atoms with van der Waals surface area (Å²) >= 11 is 4.18. The lowest BCUT2D eigenvalue weighted by Gasteiger charge is -2.07. The van der Waals surface area contributed by atoms with Crippen LogP contribution in [-0.2, 0) is 0 Å². The number of ether oxygens (including phenoxy) is 1. The van der Waals surface area contributed by atoms with Crippen molar-refractivity contribution >= 4 is 12.6 Å². The summed E-state index contributed by atoms with van der Waals surface area (Å²) in [4.78, 5) is 0.577. The van der Waals surface area contributed by atoms with Crippen LogP contribution in [0.15, 0.2) is 47.4 Å². The lowest BCUT2D eigenvalue weighted by Crippen LogP contribution is -1.83. The quantitative estimate of drug-likeness (QED) is 0.777. The smallest absolute Gasteiger partial charge is 0.136 e. The molecular formula is C13H12O2S. The van der Waals surface area contributed by atoms with Crippen molar-refractivity contribution in [2.24, 2.45) is 0 Å². The number of phenols is 1. The minimum atomic E-state index is 0.205. The number of hydrogen-bond acceptors (Lipinski definition) is 3. The second-order valence-corrected chi connectivity index (χ2v) is 3.88. The Kier molecular flexibility index (Phi) is 3.06. The van der Waals surface area contributed by atoms with Crippen molar-refractivity contribution in [2.45, 2.75) is 4.90 Å². The second-order valence-electron chi connectivity index (χ2n) is 3.40. The lowest BCUT2D eigenvalue weighted by atomic mass is 10.0. The molecule has 0 unspecified atom stereocenters. The van der Waals surface area contributed by atoms with Gasteiger partial charge in [-0.05, 0) is 23.8 Å². The Morgan fingerprint density at radius 1 is 1.06 bits per heavy atom. The van der Waals surface area contributed by atoms with Crippen molar-refractivity contribution in [3.63, 3.8) is 0 Å². The van der Waals surface area contributed by atoms with E-state index < -0.39 is 0 Å². The molecule has 0 aromatic heterocycles. The van der Waals surface area contributed by atoms with E-state index in [1.54, 1.807) is 13.2 Å². The van der Waals surface area contributed by atoms with Crippen molar-refractivity contribution in [3.8, 4) is 22.6 Å². The van der Waals surface area contributed by atoms with Gasteiger partial charge in [0, 0.05) is 10.5 Å². The van der Waals surface area contributed by atoms with E-state index in [0.717, 1.165) is 16.9 Å². The van der Waals surface area contributed by atoms with Gasteiger partial charge < -0.3 is 9.84 Å². The zero-order valence-electron chi connectivity index (χ0n) is 8.84. The Morgan fingerprint density at radius 2 is 1.75 bits per heavy atom. The fraction of sp³-hybridized carbons (Fsp3) is 0.0769. The molecule has 2 aromatic carbocycles. The average Bonchev–Trinajstić information content (AvgIpc) is 2.33. The molecule has 0 saturated carbocycles. The molecule has 0 aliphatic rings. The van der Waals surface area contributed by atoms with Crippen LogP contribution in [0.3, 0.4) is 0 Å². The fourth-order valence-electron chi connectivity index (χ4n) is 1.53. The molecule has 0 atom stereocenters. The summed E-state index contributed by atoms with van der Waals surface area (Å²) in [6, 6.07) is 13.0. The molecule has 0 heterocycles. The van der Waals surface area contributed by atoms with Crippen molar-refractivity contribution in [3.05, 3.63) is 42.5 Å². The summed E-state index contributed by atoms with van der Waals surface area (Å²) in [6.07, 6.45) is 0. The summed E-state index contributed by atoms with van der Waals surface area (Å²) in [5.41, 5.74) is 1.71. The summed E-state index contributed by atoms with van der Waals surface area (Å²) in [5, 5.41) is 9.87. The topological polar surface area (TPSA) is 29.5 Å². The molecule has 1 N–H and O–H groups in total. The van der Waals surface area contributed by atoms with E-state index in [4.69, 9.17) is 4.74 Å². The van der Waals surface area contributed by atoms with Crippen LogP contribution in [0.1, 0.15) is 0 Å². The maximum Gasteiger partial charge on any atom is 0.136 e. The van der Waals surface area contributed by atoms with Gasteiger partial charge >= 0.3 is 0 Å². The highest BCUT2D eigenvalue weighted by Gasteiger charge is 2.06. The number of hydrogen-bond donors (Lipinski definition) is 2. The van der Waals surface area contributed by atoms with Crippen LogP contribution >= 0.6 is 12.6 Å². The van der Waals surface area contributed by atoms with Crippen LogP contribution in [0.2, 0.25) is 0 Å². The van der Waals surface area contributed by atoms with Crippen LogP contribution in [-0.4, -0.2) is 12.2 Å². The van der Waals surface area contributed by atoms with E-state index in [-0.39, 0.29) is 5.75 Å². The SMILES string of the molecule is COc1ccc(-c2cccc(S)c2O)cc1. The van der Waals surface area contributed by atoms with Gasteiger partial charge in [0.2, 0.25) is 0 Å². The van der Waals surface area contributed by atoms with Gasteiger partial charge in [0.05, 0.1) is 7.11 Å². The van der Waals surface area contributed by atoms with Crippen LogP contribution < -0.4 is 4.74 Å². The molecule has 0 saturated heterocycles. The average molecular weight is 232 g/mol.